The van der Waals surface area contributed by atoms with E-state index in [0.29, 0.717) is 18.1 Å². The molecule has 27 heavy (non-hydrogen) atoms. The molecule has 0 N–H and O–H groups in total. The van der Waals surface area contributed by atoms with E-state index in [4.69, 9.17) is 10.00 Å². The Kier molecular flexibility index (Phi) is 4.82. The van der Waals surface area contributed by atoms with Crippen LogP contribution in [-0.2, 0) is 4.74 Å². The molecule has 5 aliphatic rings. The zero-order valence-electron chi connectivity index (χ0n) is 16.3. The van der Waals surface area contributed by atoms with Gasteiger partial charge in [0.25, 0.3) is 0 Å². The Morgan fingerprint density at radius 1 is 0.926 bits per heavy atom. The van der Waals surface area contributed by atoms with Crippen molar-refractivity contribution >= 4 is 0 Å². The quantitative estimate of drug-likeness (QED) is 0.550. The molecule has 0 aromatic heterocycles. The predicted octanol–water partition coefficient (Wildman–Crippen LogP) is 6.18. The monoisotopic (exact) mass is 361 g/mol. The normalized spacial score (nSPS) is 38.6. The van der Waals surface area contributed by atoms with E-state index in [1.54, 1.807) is 22.3 Å². The third-order valence-electron chi connectivity index (χ3n) is 7.63. The summed E-state index contributed by atoms with van der Waals surface area (Å²) in [7, 11) is 0. The highest BCUT2D eigenvalue weighted by Crippen LogP contribution is 2.46. The molecule has 0 aromatic rings. The minimum absolute atomic E-state index is 0.258. The van der Waals surface area contributed by atoms with Gasteiger partial charge in [0.15, 0.2) is 0 Å². The van der Waals surface area contributed by atoms with Crippen molar-refractivity contribution in [2.24, 2.45) is 17.8 Å². The summed E-state index contributed by atoms with van der Waals surface area (Å²) in [5.74, 6) is 1.64. The molecule has 1 saturated heterocycles. The molecular formula is C25H31NO. The first-order valence-electron chi connectivity index (χ1n) is 11.2. The fraction of sp³-hybridized carbons (Fsp3) is 0.640. The van der Waals surface area contributed by atoms with E-state index in [0.717, 1.165) is 25.2 Å². The summed E-state index contributed by atoms with van der Waals surface area (Å²) in [6.45, 7) is 0. The average molecular weight is 362 g/mol. The van der Waals surface area contributed by atoms with Crippen molar-refractivity contribution in [2.45, 2.75) is 82.8 Å². The third-order valence-corrected chi connectivity index (χ3v) is 7.63. The zero-order chi connectivity index (χ0) is 18.2. The van der Waals surface area contributed by atoms with Gasteiger partial charge in [-0.15, -0.1) is 0 Å². The molecule has 0 saturated carbocycles. The molecule has 0 aromatic carbocycles. The molecule has 142 valence electrons. The summed E-state index contributed by atoms with van der Waals surface area (Å²) in [5.41, 5.74) is 6.43. The highest BCUT2D eigenvalue weighted by molar-refractivity contribution is 5.38. The first kappa shape index (κ1) is 17.5. The predicted molar refractivity (Wildman–Crippen MR) is 108 cm³/mol. The molecule has 1 fully saturated rings. The van der Waals surface area contributed by atoms with Crippen LogP contribution in [0.3, 0.4) is 0 Å². The van der Waals surface area contributed by atoms with Crippen LogP contribution in [0.15, 0.2) is 46.6 Å². The lowest BCUT2D eigenvalue weighted by Crippen LogP contribution is -2.21. The van der Waals surface area contributed by atoms with Gasteiger partial charge >= 0.3 is 0 Å². The number of hydrogen-bond donors (Lipinski definition) is 0. The van der Waals surface area contributed by atoms with Gasteiger partial charge < -0.3 is 4.74 Å². The van der Waals surface area contributed by atoms with E-state index in [2.05, 4.69) is 30.4 Å². The molecule has 0 bridgehead atoms. The summed E-state index contributed by atoms with van der Waals surface area (Å²) >= 11 is 0. The van der Waals surface area contributed by atoms with Gasteiger partial charge in [-0.25, -0.2) is 0 Å². The van der Waals surface area contributed by atoms with E-state index in [9.17, 15) is 0 Å². The molecule has 1 heterocycles. The highest BCUT2D eigenvalue weighted by atomic mass is 16.5. The lowest BCUT2D eigenvalue weighted by molar-refractivity contribution is 0.0574. The van der Waals surface area contributed by atoms with Crippen molar-refractivity contribution in [1.82, 2.24) is 0 Å². The molecule has 0 amide bonds. The standard InChI is InChI=1S/C25H31NO/c26-16-17-5-7-18(8-6-17)19-9-11-20(12-10-19)21-13-14-23-22-3-1-2-4-24(22)27-25(23)15-21/h3,7,11,15,17,19,23-25H,1-2,4-6,8-10,12-14H2. The molecule has 4 aliphatic carbocycles. The van der Waals surface area contributed by atoms with Crippen LogP contribution in [0, 0.1) is 29.1 Å². The van der Waals surface area contributed by atoms with Crippen molar-refractivity contribution in [3.63, 3.8) is 0 Å². The summed E-state index contributed by atoms with van der Waals surface area (Å²) < 4.78 is 6.42. The van der Waals surface area contributed by atoms with Gasteiger partial charge in [0.05, 0.1) is 24.2 Å². The Labute approximate surface area is 163 Å². The van der Waals surface area contributed by atoms with Crippen LogP contribution in [0.5, 0.6) is 0 Å². The van der Waals surface area contributed by atoms with Crippen molar-refractivity contribution in [2.75, 3.05) is 0 Å². The van der Waals surface area contributed by atoms with Crippen molar-refractivity contribution in [1.29, 1.82) is 5.26 Å². The molecular weight excluding hydrogens is 330 g/mol. The van der Waals surface area contributed by atoms with Crippen molar-refractivity contribution in [3.8, 4) is 6.07 Å². The maximum absolute atomic E-state index is 9.09. The van der Waals surface area contributed by atoms with Crippen LogP contribution in [0.4, 0.5) is 0 Å². The van der Waals surface area contributed by atoms with E-state index < -0.39 is 0 Å². The van der Waals surface area contributed by atoms with Crippen LogP contribution in [-0.4, -0.2) is 12.2 Å². The van der Waals surface area contributed by atoms with Crippen LogP contribution in [0.25, 0.3) is 0 Å². The Balaban J connectivity index is 1.25. The number of ether oxygens (including phenoxy) is 1. The molecule has 0 radical (unpaired) electrons. The molecule has 5 atom stereocenters. The van der Waals surface area contributed by atoms with E-state index in [-0.39, 0.29) is 5.92 Å². The minimum atomic E-state index is 0.258. The van der Waals surface area contributed by atoms with Crippen LogP contribution >= 0.6 is 0 Å². The van der Waals surface area contributed by atoms with Crippen molar-refractivity contribution < 1.29 is 4.74 Å². The van der Waals surface area contributed by atoms with Crippen molar-refractivity contribution in [3.05, 3.63) is 46.6 Å². The second-order valence-electron chi connectivity index (χ2n) is 9.14. The second-order valence-corrected chi connectivity index (χ2v) is 9.14. The van der Waals surface area contributed by atoms with Crippen LogP contribution in [0.1, 0.15) is 70.6 Å². The van der Waals surface area contributed by atoms with Gasteiger partial charge in [-0.1, -0.05) is 29.9 Å². The Morgan fingerprint density at radius 3 is 2.63 bits per heavy atom. The van der Waals surface area contributed by atoms with Gasteiger partial charge in [-0.2, -0.15) is 5.26 Å². The average Bonchev–Trinajstić information content (AvgIpc) is 3.12. The lowest BCUT2D eigenvalue weighted by atomic mass is 9.74. The van der Waals surface area contributed by atoms with Gasteiger partial charge in [0.1, 0.15) is 0 Å². The molecule has 2 heteroatoms. The van der Waals surface area contributed by atoms with E-state index in [1.807, 2.05) is 0 Å². The fourth-order valence-electron chi connectivity index (χ4n) is 6.03. The summed E-state index contributed by atoms with van der Waals surface area (Å²) in [6, 6.07) is 2.43. The second kappa shape index (κ2) is 7.44. The van der Waals surface area contributed by atoms with Gasteiger partial charge in [-0.05, 0) is 93.3 Å². The first-order valence-corrected chi connectivity index (χ1v) is 11.2. The number of hydrogen-bond acceptors (Lipinski definition) is 2. The van der Waals surface area contributed by atoms with E-state index in [1.165, 1.54) is 51.4 Å². The Morgan fingerprint density at radius 2 is 1.85 bits per heavy atom. The fourth-order valence-corrected chi connectivity index (χ4v) is 6.03. The number of nitrogens with zero attached hydrogens (tertiary/aromatic N) is 1. The summed E-state index contributed by atoms with van der Waals surface area (Å²) in [5, 5.41) is 9.09. The number of allylic oxidation sites excluding steroid dienone is 6. The third kappa shape index (κ3) is 3.36. The summed E-state index contributed by atoms with van der Waals surface area (Å²) in [6.07, 6.45) is 23.8. The first-order chi connectivity index (χ1) is 13.3. The Hall–Kier alpha value is -1.59. The van der Waals surface area contributed by atoms with E-state index >= 15 is 0 Å². The smallest absolute Gasteiger partial charge is 0.0836 e. The Bertz CT molecular complexity index is 762. The van der Waals surface area contributed by atoms with Gasteiger partial charge in [0, 0.05) is 5.92 Å². The maximum atomic E-state index is 9.09. The number of nitriles is 1. The number of fused-ring (bicyclic) bond motifs is 3. The topological polar surface area (TPSA) is 33.0 Å². The molecule has 5 rings (SSSR count). The zero-order valence-corrected chi connectivity index (χ0v) is 16.3. The maximum Gasteiger partial charge on any atom is 0.0836 e. The molecule has 1 aliphatic heterocycles. The lowest BCUT2D eigenvalue weighted by Gasteiger charge is -2.30. The van der Waals surface area contributed by atoms with Crippen LogP contribution in [0.2, 0.25) is 0 Å². The highest BCUT2D eigenvalue weighted by Gasteiger charge is 2.41. The number of rotatable bonds is 2. The van der Waals surface area contributed by atoms with Gasteiger partial charge in [0.2, 0.25) is 0 Å². The van der Waals surface area contributed by atoms with Crippen LogP contribution < -0.4 is 0 Å². The largest absolute Gasteiger partial charge is 0.366 e. The molecule has 2 nitrogen and oxygen atoms in total. The molecule has 0 spiro atoms. The van der Waals surface area contributed by atoms with Gasteiger partial charge in [-0.3, -0.25) is 0 Å². The minimum Gasteiger partial charge on any atom is -0.366 e. The SMILES string of the molecule is N#CC1CC=C(C2CC=C(C3=CC4OC5CCCC=C5C4CC3)CC2)CC1. The molecule has 5 unspecified atom stereocenters. The summed E-state index contributed by atoms with van der Waals surface area (Å²) in [4.78, 5) is 0.